The van der Waals surface area contributed by atoms with Crippen molar-refractivity contribution in [1.29, 1.82) is 0 Å². The van der Waals surface area contributed by atoms with Gasteiger partial charge in [-0.2, -0.15) is 0 Å². The van der Waals surface area contributed by atoms with Gasteiger partial charge in [0.05, 0.1) is 0 Å². The van der Waals surface area contributed by atoms with Crippen molar-refractivity contribution in [3.63, 3.8) is 0 Å². The summed E-state index contributed by atoms with van der Waals surface area (Å²) in [5.41, 5.74) is 0.260. The highest BCUT2D eigenvalue weighted by atomic mass is 79.9. The molecule has 2 atom stereocenters. The van der Waals surface area contributed by atoms with Crippen LogP contribution in [0, 0.1) is 5.92 Å². The highest BCUT2D eigenvalue weighted by Crippen LogP contribution is 2.36. The molecule has 1 aromatic heterocycles. The summed E-state index contributed by atoms with van der Waals surface area (Å²) in [6.45, 7) is 3.31. The molecule has 2 unspecified atom stereocenters. The molecule has 1 saturated carbocycles. The molecule has 0 amide bonds. The quantitative estimate of drug-likeness (QED) is 0.919. The van der Waals surface area contributed by atoms with Crippen molar-refractivity contribution in [2.75, 3.05) is 26.0 Å². The summed E-state index contributed by atoms with van der Waals surface area (Å²) >= 11 is 4.90. The predicted octanol–water partition coefficient (Wildman–Crippen LogP) is 3.22. The SMILES string of the molecule is CC1CCCC(CNc2nnc(Br)s2)(N(C)C)C1. The van der Waals surface area contributed by atoms with Crippen LogP contribution in [-0.2, 0) is 0 Å². The fraction of sp³-hybridized carbons (Fsp3) is 0.833. The summed E-state index contributed by atoms with van der Waals surface area (Å²) in [6, 6.07) is 0. The topological polar surface area (TPSA) is 41.1 Å². The molecule has 0 saturated heterocycles. The number of aromatic nitrogens is 2. The fourth-order valence-corrected chi connectivity index (χ4v) is 3.88. The number of nitrogens with one attached hydrogen (secondary N) is 1. The van der Waals surface area contributed by atoms with Gasteiger partial charge in [-0.25, -0.2) is 0 Å². The van der Waals surface area contributed by atoms with Crippen molar-refractivity contribution in [3.8, 4) is 0 Å². The number of anilines is 1. The van der Waals surface area contributed by atoms with Gasteiger partial charge in [0.15, 0.2) is 3.92 Å². The normalized spacial score (nSPS) is 28.6. The van der Waals surface area contributed by atoms with Crippen LogP contribution in [0.2, 0.25) is 0 Å². The number of halogens is 1. The summed E-state index contributed by atoms with van der Waals surface area (Å²) in [7, 11) is 4.38. The average Bonchev–Trinajstić information content (AvgIpc) is 2.72. The minimum atomic E-state index is 0.260. The monoisotopic (exact) mass is 332 g/mol. The number of nitrogens with zero attached hydrogens (tertiary/aromatic N) is 3. The predicted molar refractivity (Wildman–Crippen MR) is 80.1 cm³/mol. The van der Waals surface area contributed by atoms with Crippen molar-refractivity contribution < 1.29 is 0 Å². The average molecular weight is 333 g/mol. The number of rotatable bonds is 4. The van der Waals surface area contributed by atoms with Gasteiger partial charge in [0.25, 0.3) is 0 Å². The van der Waals surface area contributed by atoms with Crippen molar-refractivity contribution in [2.45, 2.75) is 38.1 Å². The summed E-state index contributed by atoms with van der Waals surface area (Å²) in [4.78, 5) is 2.38. The van der Waals surface area contributed by atoms with Gasteiger partial charge in [-0.1, -0.05) is 31.1 Å². The largest absolute Gasteiger partial charge is 0.358 e. The minimum absolute atomic E-state index is 0.260. The zero-order valence-electron chi connectivity index (χ0n) is 11.2. The van der Waals surface area contributed by atoms with E-state index in [4.69, 9.17) is 0 Å². The maximum Gasteiger partial charge on any atom is 0.206 e. The molecule has 1 fully saturated rings. The first kappa shape index (κ1) is 14.2. The van der Waals surface area contributed by atoms with Crippen LogP contribution in [0.3, 0.4) is 0 Å². The molecule has 2 rings (SSSR count). The van der Waals surface area contributed by atoms with Crippen LogP contribution in [0.5, 0.6) is 0 Å². The maximum atomic E-state index is 4.10. The van der Waals surface area contributed by atoms with Gasteiger partial charge in [-0.3, -0.25) is 0 Å². The van der Waals surface area contributed by atoms with Gasteiger partial charge >= 0.3 is 0 Å². The third kappa shape index (κ3) is 3.22. The lowest BCUT2D eigenvalue weighted by molar-refractivity contribution is 0.0882. The summed E-state index contributed by atoms with van der Waals surface area (Å²) in [6.07, 6.45) is 5.20. The molecule has 18 heavy (non-hydrogen) atoms. The van der Waals surface area contributed by atoms with E-state index in [0.29, 0.717) is 0 Å². The Bertz CT molecular complexity index is 395. The molecule has 102 valence electrons. The third-order valence-corrected chi connectivity index (χ3v) is 5.30. The van der Waals surface area contributed by atoms with Gasteiger partial charge in [0, 0.05) is 12.1 Å². The van der Waals surface area contributed by atoms with Crippen LogP contribution >= 0.6 is 27.3 Å². The molecule has 0 aliphatic heterocycles. The number of likely N-dealkylation sites (N-methyl/N-ethyl adjacent to an activating group) is 1. The van der Waals surface area contributed by atoms with E-state index in [1.807, 2.05) is 0 Å². The Morgan fingerprint density at radius 2 is 2.28 bits per heavy atom. The molecule has 1 aliphatic carbocycles. The van der Waals surface area contributed by atoms with E-state index in [2.05, 4.69) is 57.4 Å². The standard InChI is InChI=1S/C12H21BrN4S/c1-9-5-4-6-12(7-9,17(2)3)8-14-11-16-15-10(13)18-11/h9H,4-8H2,1-3H3,(H,14,16). The van der Waals surface area contributed by atoms with Crippen molar-refractivity contribution in [3.05, 3.63) is 3.92 Å². The van der Waals surface area contributed by atoms with Crippen LogP contribution < -0.4 is 5.32 Å². The van der Waals surface area contributed by atoms with Gasteiger partial charge in [0.2, 0.25) is 5.13 Å². The first-order valence-corrected chi connectivity index (χ1v) is 8.03. The maximum absolute atomic E-state index is 4.10. The Labute approximate surface area is 121 Å². The van der Waals surface area contributed by atoms with Crippen LogP contribution in [-0.4, -0.2) is 41.3 Å². The Morgan fingerprint density at radius 3 is 2.83 bits per heavy atom. The summed E-state index contributed by atoms with van der Waals surface area (Å²) in [5, 5.41) is 12.4. The van der Waals surface area contributed by atoms with E-state index in [-0.39, 0.29) is 5.54 Å². The van der Waals surface area contributed by atoms with Crippen LogP contribution in [0.4, 0.5) is 5.13 Å². The zero-order chi connectivity index (χ0) is 13.2. The lowest BCUT2D eigenvalue weighted by Gasteiger charge is -2.45. The van der Waals surface area contributed by atoms with E-state index in [9.17, 15) is 0 Å². The first-order valence-electron chi connectivity index (χ1n) is 6.42. The van der Waals surface area contributed by atoms with Crippen molar-refractivity contribution in [1.82, 2.24) is 15.1 Å². The van der Waals surface area contributed by atoms with E-state index in [1.165, 1.54) is 25.7 Å². The smallest absolute Gasteiger partial charge is 0.206 e. The summed E-state index contributed by atoms with van der Waals surface area (Å²) < 4.78 is 0.834. The Hall–Kier alpha value is -0.200. The summed E-state index contributed by atoms with van der Waals surface area (Å²) in [5.74, 6) is 0.809. The minimum Gasteiger partial charge on any atom is -0.358 e. The third-order valence-electron chi connectivity index (χ3n) is 3.99. The number of hydrogen-bond acceptors (Lipinski definition) is 5. The second-order valence-corrected chi connectivity index (χ2v) is 7.79. The second-order valence-electron chi connectivity index (χ2n) is 5.53. The molecule has 1 aromatic rings. The molecule has 0 radical (unpaired) electrons. The van der Waals surface area contributed by atoms with E-state index < -0.39 is 0 Å². The second kappa shape index (κ2) is 5.84. The molecular formula is C12H21BrN4S. The molecule has 0 aromatic carbocycles. The molecule has 0 bridgehead atoms. The van der Waals surface area contributed by atoms with Crippen LogP contribution in [0.15, 0.2) is 3.92 Å². The van der Waals surface area contributed by atoms with Crippen molar-refractivity contribution in [2.24, 2.45) is 5.92 Å². The van der Waals surface area contributed by atoms with E-state index in [1.54, 1.807) is 11.3 Å². The molecule has 1 aliphatic rings. The van der Waals surface area contributed by atoms with Gasteiger partial charge in [-0.05, 0) is 48.8 Å². The lowest BCUT2D eigenvalue weighted by atomic mass is 9.75. The van der Waals surface area contributed by atoms with Crippen LogP contribution in [0.1, 0.15) is 32.6 Å². The number of hydrogen-bond donors (Lipinski definition) is 1. The molecule has 1 heterocycles. The van der Waals surface area contributed by atoms with Gasteiger partial charge < -0.3 is 10.2 Å². The highest BCUT2D eigenvalue weighted by Gasteiger charge is 2.36. The van der Waals surface area contributed by atoms with Crippen molar-refractivity contribution >= 4 is 32.4 Å². The first-order chi connectivity index (χ1) is 8.52. The Balaban J connectivity index is 2.02. The van der Waals surface area contributed by atoms with Gasteiger partial charge in [0.1, 0.15) is 0 Å². The Kier molecular flexibility index (Phi) is 4.61. The fourth-order valence-electron chi connectivity index (χ4n) is 2.87. The highest BCUT2D eigenvalue weighted by molar-refractivity contribution is 9.11. The van der Waals surface area contributed by atoms with E-state index in [0.717, 1.165) is 21.5 Å². The molecule has 6 heteroatoms. The molecule has 0 spiro atoms. The Morgan fingerprint density at radius 1 is 1.50 bits per heavy atom. The molecule has 4 nitrogen and oxygen atoms in total. The van der Waals surface area contributed by atoms with Gasteiger partial charge in [-0.15, -0.1) is 10.2 Å². The lowest BCUT2D eigenvalue weighted by Crippen LogP contribution is -2.52. The molecule has 1 N–H and O–H groups in total. The zero-order valence-corrected chi connectivity index (χ0v) is 13.6. The van der Waals surface area contributed by atoms with E-state index >= 15 is 0 Å². The van der Waals surface area contributed by atoms with Crippen LogP contribution in [0.25, 0.3) is 0 Å². The molecular weight excluding hydrogens is 312 g/mol.